The summed E-state index contributed by atoms with van der Waals surface area (Å²) in [6.45, 7) is 0.625. The molecule has 1 aromatic rings. The van der Waals surface area contributed by atoms with Gasteiger partial charge in [0.2, 0.25) is 0 Å². The second-order valence-electron chi connectivity index (χ2n) is 2.41. The van der Waals surface area contributed by atoms with Crippen molar-refractivity contribution in [2.45, 2.75) is 6.42 Å². The molecule has 4 heteroatoms. The fraction of sp³-hybridized carbons (Fsp3) is 0.250. The monoisotopic (exact) mass is 233 g/mol. The van der Waals surface area contributed by atoms with Crippen molar-refractivity contribution < 1.29 is 9.50 Å². The number of phenolic OH excluding ortho intramolecular Hbond substituents is 1. The molecular formula is C8H9BrFNO. The molecule has 0 saturated carbocycles. The minimum absolute atomic E-state index is 0.0981. The Hall–Kier alpha value is -0.610. The highest BCUT2D eigenvalue weighted by Gasteiger charge is 2.01. The molecule has 0 fully saturated rings. The molecular weight excluding hydrogens is 225 g/mol. The first-order chi connectivity index (χ1) is 5.74. The summed E-state index contributed by atoms with van der Waals surface area (Å²) in [6.07, 6.45) is 0.547. The van der Waals surface area contributed by atoms with Crippen molar-refractivity contribution in [2.24, 2.45) is 0 Å². The van der Waals surface area contributed by atoms with Gasteiger partial charge in [0, 0.05) is 22.7 Å². The number of nitrogens with one attached hydrogen (secondary N) is 1. The van der Waals surface area contributed by atoms with Crippen molar-refractivity contribution >= 4 is 16.1 Å². The van der Waals surface area contributed by atoms with Crippen LogP contribution in [-0.2, 0) is 6.42 Å². The Morgan fingerprint density at radius 3 is 2.92 bits per heavy atom. The van der Waals surface area contributed by atoms with E-state index in [9.17, 15) is 4.39 Å². The molecule has 0 bridgehead atoms. The molecule has 0 aromatic heterocycles. The SMILES string of the molecule is Oc1ccc(F)c(CCNBr)c1. The summed E-state index contributed by atoms with van der Waals surface area (Å²) < 4.78 is 15.7. The summed E-state index contributed by atoms with van der Waals surface area (Å²) in [6, 6.07) is 4.03. The van der Waals surface area contributed by atoms with Crippen molar-refractivity contribution in [3.05, 3.63) is 29.6 Å². The van der Waals surface area contributed by atoms with Gasteiger partial charge in [0.25, 0.3) is 0 Å². The van der Waals surface area contributed by atoms with Crippen LogP contribution in [0.15, 0.2) is 18.2 Å². The zero-order valence-electron chi connectivity index (χ0n) is 6.35. The van der Waals surface area contributed by atoms with E-state index in [1.165, 1.54) is 18.2 Å². The average Bonchev–Trinajstić information content (AvgIpc) is 2.07. The van der Waals surface area contributed by atoms with Gasteiger partial charge in [0.1, 0.15) is 11.6 Å². The van der Waals surface area contributed by atoms with Crippen LogP contribution in [0.25, 0.3) is 0 Å². The molecule has 0 amide bonds. The summed E-state index contributed by atoms with van der Waals surface area (Å²) in [7, 11) is 0. The molecule has 0 aliphatic carbocycles. The van der Waals surface area contributed by atoms with Gasteiger partial charge in [0.05, 0.1) is 0 Å². The maximum atomic E-state index is 12.9. The van der Waals surface area contributed by atoms with Crippen LogP contribution >= 0.6 is 16.1 Å². The second kappa shape index (κ2) is 4.42. The molecule has 0 unspecified atom stereocenters. The van der Waals surface area contributed by atoms with Gasteiger partial charge in [-0.3, -0.25) is 4.34 Å². The standard InChI is InChI=1S/C8H9BrFNO/c9-11-4-3-6-5-7(12)1-2-8(6)10/h1-2,5,11-12H,3-4H2. The molecule has 1 aromatic carbocycles. The predicted octanol–water partition coefficient (Wildman–Crippen LogP) is 1.97. The van der Waals surface area contributed by atoms with Crippen LogP contribution in [0.1, 0.15) is 5.56 Å². The number of halogens is 2. The summed E-state index contributed by atoms with van der Waals surface area (Å²) >= 11 is 3.01. The van der Waals surface area contributed by atoms with Gasteiger partial charge in [-0.2, -0.15) is 0 Å². The second-order valence-corrected chi connectivity index (χ2v) is 2.97. The zero-order chi connectivity index (χ0) is 8.97. The molecule has 0 aliphatic rings. The number of benzene rings is 1. The van der Waals surface area contributed by atoms with Gasteiger partial charge in [0.15, 0.2) is 0 Å². The summed E-state index contributed by atoms with van der Waals surface area (Å²) in [5.74, 6) is -0.184. The third kappa shape index (κ3) is 2.46. The fourth-order valence-electron chi connectivity index (χ4n) is 0.935. The van der Waals surface area contributed by atoms with E-state index < -0.39 is 0 Å². The van der Waals surface area contributed by atoms with Crippen molar-refractivity contribution in [1.29, 1.82) is 0 Å². The molecule has 12 heavy (non-hydrogen) atoms. The Morgan fingerprint density at radius 2 is 2.25 bits per heavy atom. The highest BCUT2D eigenvalue weighted by Crippen LogP contribution is 2.15. The van der Waals surface area contributed by atoms with Gasteiger partial charge in [-0.05, 0) is 30.2 Å². The minimum Gasteiger partial charge on any atom is -0.508 e. The highest BCUT2D eigenvalue weighted by atomic mass is 79.9. The summed E-state index contributed by atoms with van der Waals surface area (Å²) in [5.41, 5.74) is 0.516. The van der Waals surface area contributed by atoms with E-state index >= 15 is 0 Å². The normalized spacial score (nSPS) is 10.2. The number of hydrogen-bond donors (Lipinski definition) is 2. The molecule has 66 valence electrons. The van der Waals surface area contributed by atoms with E-state index in [1.54, 1.807) is 0 Å². The van der Waals surface area contributed by atoms with E-state index in [1.807, 2.05) is 0 Å². The lowest BCUT2D eigenvalue weighted by atomic mass is 10.1. The van der Waals surface area contributed by atoms with E-state index in [4.69, 9.17) is 5.11 Å². The first-order valence-electron chi connectivity index (χ1n) is 3.55. The number of rotatable bonds is 3. The lowest BCUT2D eigenvalue weighted by Crippen LogP contribution is -2.05. The first-order valence-corrected chi connectivity index (χ1v) is 4.34. The van der Waals surface area contributed by atoms with Gasteiger partial charge in [-0.25, -0.2) is 4.39 Å². The Kier molecular flexibility index (Phi) is 3.49. The van der Waals surface area contributed by atoms with Crippen LogP contribution in [0.3, 0.4) is 0 Å². The van der Waals surface area contributed by atoms with Crippen LogP contribution in [0.5, 0.6) is 5.75 Å². The molecule has 0 spiro atoms. The maximum Gasteiger partial charge on any atom is 0.126 e. The van der Waals surface area contributed by atoms with E-state index in [2.05, 4.69) is 20.5 Å². The Bertz CT molecular complexity index is 267. The van der Waals surface area contributed by atoms with Gasteiger partial charge in [-0.1, -0.05) is 0 Å². The average molecular weight is 234 g/mol. The predicted molar refractivity (Wildman–Crippen MR) is 48.7 cm³/mol. The van der Waals surface area contributed by atoms with E-state index in [0.717, 1.165) is 0 Å². The van der Waals surface area contributed by atoms with Gasteiger partial charge >= 0.3 is 0 Å². The lowest BCUT2D eigenvalue weighted by Gasteiger charge is -2.01. The lowest BCUT2D eigenvalue weighted by molar-refractivity contribution is 0.471. The summed E-state index contributed by atoms with van der Waals surface area (Å²) in [4.78, 5) is 0. The van der Waals surface area contributed by atoms with Crippen molar-refractivity contribution in [1.82, 2.24) is 4.34 Å². The quantitative estimate of drug-likeness (QED) is 0.783. The number of aromatic hydroxyl groups is 1. The number of phenols is 1. The van der Waals surface area contributed by atoms with Crippen molar-refractivity contribution in [3.8, 4) is 5.75 Å². The van der Waals surface area contributed by atoms with Crippen LogP contribution < -0.4 is 4.34 Å². The fourth-order valence-corrected chi connectivity index (χ4v) is 1.13. The third-order valence-electron chi connectivity index (χ3n) is 1.52. The molecule has 2 nitrogen and oxygen atoms in total. The van der Waals surface area contributed by atoms with Crippen LogP contribution in [0.2, 0.25) is 0 Å². The third-order valence-corrected chi connectivity index (χ3v) is 1.91. The van der Waals surface area contributed by atoms with Crippen LogP contribution in [0.4, 0.5) is 4.39 Å². The van der Waals surface area contributed by atoms with E-state index in [0.29, 0.717) is 18.5 Å². The Morgan fingerprint density at radius 1 is 1.50 bits per heavy atom. The van der Waals surface area contributed by atoms with Gasteiger partial charge < -0.3 is 5.11 Å². The minimum atomic E-state index is -0.282. The molecule has 0 radical (unpaired) electrons. The Labute approximate surface area is 78.7 Å². The molecule has 0 heterocycles. The van der Waals surface area contributed by atoms with Crippen molar-refractivity contribution in [2.75, 3.05) is 6.54 Å². The van der Waals surface area contributed by atoms with Crippen molar-refractivity contribution in [3.63, 3.8) is 0 Å². The largest absolute Gasteiger partial charge is 0.508 e. The van der Waals surface area contributed by atoms with E-state index in [-0.39, 0.29) is 11.6 Å². The first kappa shape index (κ1) is 9.48. The number of hydrogen-bond acceptors (Lipinski definition) is 2. The molecule has 0 saturated heterocycles. The topological polar surface area (TPSA) is 32.3 Å². The molecule has 0 aliphatic heterocycles. The highest BCUT2D eigenvalue weighted by molar-refractivity contribution is 9.08. The smallest absolute Gasteiger partial charge is 0.126 e. The molecule has 1 rings (SSSR count). The van der Waals surface area contributed by atoms with Gasteiger partial charge in [-0.15, -0.1) is 0 Å². The zero-order valence-corrected chi connectivity index (χ0v) is 7.94. The Balaban J connectivity index is 2.75. The maximum absolute atomic E-state index is 12.9. The summed E-state index contributed by atoms with van der Waals surface area (Å²) in [5, 5.41) is 9.04. The van der Waals surface area contributed by atoms with Crippen LogP contribution in [0, 0.1) is 5.82 Å². The molecule has 2 N–H and O–H groups in total. The van der Waals surface area contributed by atoms with Crippen LogP contribution in [-0.4, -0.2) is 11.7 Å². The molecule has 0 atom stereocenters.